The van der Waals surface area contributed by atoms with Gasteiger partial charge in [-0.15, -0.1) is 18.2 Å². The zero-order valence-corrected chi connectivity index (χ0v) is 45.8. The number of rotatable bonds is 9. The summed E-state index contributed by atoms with van der Waals surface area (Å²) in [7, 11) is 0. The molecular weight excluding hydrogens is 1080 g/mol. The number of para-hydroxylation sites is 2. The van der Waals surface area contributed by atoms with Crippen LogP contribution in [0.1, 0.15) is 94.0 Å². The Bertz CT molecular complexity index is 3400. The molecule has 6 aromatic carbocycles. The van der Waals surface area contributed by atoms with Crippen molar-refractivity contribution in [2.45, 2.75) is 102 Å². The molecule has 0 unspecified atom stereocenters. The average molecular weight is 1140 g/mol. The van der Waals surface area contributed by atoms with Crippen molar-refractivity contribution in [2.75, 3.05) is 0 Å². The van der Waals surface area contributed by atoms with Gasteiger partial charge in [0.1, 0.15) is 0 Å². The quantitative estimate of drug-likeness (QED) is 0.107. The SMILES string of the molecule is Cc1ccc2c(n1)oc1c(-c3nc4ccccc4n3-c3c(C(C)C)cc(-c4ccc5ccccc5c4)cc3C(C)C)[c-]ccc12.[CH3][Ge]([CH3])([CH3])[c]1cnc(-c2[c-]cccc2)cc1CC1CCCCC1.[Ir]. The molecule has 1 saturated carbocycles. The number of fused-ring (bicyclic) bond motifs is 5. The van der Waals surface area contributed by atoms with Crippen molar-refractivity contribution in [1.29, 1.82) is 0 Å². The van der Waals surface area contributed by atoms with E-state index < -0.39 is 13.3 Å². The molecule has 69 heavy (non-hydrogen) atoms. The van der Waals surface area contributed by atoms with Crippen LogP contribution in [0.15, 0.2) is 144 Å². The van der Waals surface area contributed by atoms with Crippen LogP contribution < -0.4 is 4.40 Å². The smallest absolute Gasteiger partial charge is 0 e. The van der Waals surface area contributed by atoms with E-state index in [-0.39, 0.29) is 31.9 Å². The summed E-state index contributed by atoms with van der Waals surface area (Å²) in [5.41, 5.74) is 15.1. The van der Waals surface area contributed by atoms with E-state index in [1.807, 2.05) is 31.2 Å². The Morgan fingerprint density at radius 2 is 1.42 bits per heavy atom. The maximum atomic E-state index is 6.48. The van der Waals surface area contributed by atoms with Crippen molar-refractivity contribution in [3.05, 3.63) is 174 Å². The monoisotopic (exact) mass is 1150 g/mol. The first-order valence-electron chi connectivity index (χ1n) is 24.7. The summed E-state index contributed by atoms with van der Waals surface area (Å²) in [6, 6.07) is 54.1. The normalized spacial score (nSPS) is 13.4. The first-order valence-corrected chi connectivity index (χ1v) is 32.1. The van der Waals surface area contributed by atoms with Crippen molar-refractivity contribution >= 4 is 61.5 Å². The minimum absolute atomic E-state index is 0. The average Bonchev–Trinajstić information content (AvgIpc) is 3.92. The summed E-state index contributed by atoms with van der Waals surface area (Å²) < 4.78 is 10.4. The minimum Gasteiger partial charge on any atom is 0 e. The number of imidazole rings is 1. The Kier molecular flexibility index (Phi) is 14.3. The number of hydrogen-bond donors (Lipinski definition) is 0. The van der Waals surface area contributed by atoms with Crippen LogP contribution in [0.25, 0.3) is 83.3 Å². The van der Waals surface area contributed by atoms with E-state index in [4.69, 9.17) is 19.4 Å². The largest absolute Gasteiger partial charge is 0 e. The van der Waals surface area contributed by atoms with Crippen molar-refractivity contribution in [1.82, 2.24) is 19.5 Å². The number of benzene rings is 6. The third kappa shape index (κ3) is 9.91. The molecule has 1 fully saturated rings. The summed E-state index contributed by atoms with van der Waals surface area (Å²) in [5, 5.41) is 4.52. The number of nitrogens with zero attached hydrogens (tertiary/aromatic N) is 4. The molecule has 10 aromatic rings. The molecule has 5 nitrogen and oxygen atoms in total. The number of aromatic nitrogens is 4. The molecular formula is C62H62GeIrN4O-2. The van der Waals surface area contributed by atoms with Gasteiger partial charge in [-0.3, -0.25) is 4.98 Å². The molecule has 0 aliphatic heterocycles. The molecule has 0 amide bonds. The van der Waals surface area contributed by atoms with Crippen molar-refractivity contribution < 1.29 is 24.5 Å². The fourth-order valence-electron chi connectivity index (χ4n) is 10.4. The van der Waals surface area contributed by atoms with Gasteiger partial charge in [0.25, 0.3) is 0 Å². The van der Waals surface area contributed by atoms with Crippen LogP contribution in [0.4, 0.5) is 0 Å². The Morgan fingerprint density at radius 3 is 2.14 bits per heavy atom. The Balaban J connectivity index is 0.000000209. The molecule has 4 aromatic heterocycles. The fraction of sp³-hybridized carbons (Fsp3) is 0.274. The molecule has 0 bridgehead atoms. The summed E-state index contributed by atoms with van der Waals surface area (Å²) in [6.07, 6.45) is 10.5. The van der Waals surface area contributed by atoms with Crippen LogP contribution >= 0.6 is 0 Å². The minimum atomic E-state index is -1.89. The van der Waals surface area contributed by atoms with E-state index in [1.165, 1.54) is 77.2 Å². The predicted molar refractivity (Wildman–Crippen MR) is 288 cm³/mol. The molecule has 4 heterocycles. The van der Waals surface area contributed by atoms with Gasteiger partial charge in [-0.1, -0.05) is 87.2 Å². The zero-order chi connectivity index (χ0) is 47.1. The van der Waals surface area contributed by atoms with Gasteiger partial charge in [-0.05, 0) is 94.3 Å². The molecule has 0 spiro atoms. The van der Waals surface area contributed by atoms with E-state index in [9.17, 15) is 0 Å². The zero-order valence-electron chi connectivity index (χ0n) is 41.3. The molecule has 351 valence electrons. The van der Waals surface area contributed by atoms with Crippen LogP contribution in [0.3, 0.4) is 0 Å². The Labute approximate surface area is 424 Å². The first-order chi connectivity index (χ1) is 32.9. The maximum Gasteiger partial charge on any atom is 0 e. The van der Waals surface area contributed by atoms with Crippen LogP contribution in [0, 0.1) is 25.0 Å². The molecule has 0 atom stereocenters. The summed E-state index contributed by atoms with van der Waals surface area (Å²) >= 11 is -1.89. The third-order valence-corrected chi connectivity index (χ3v) is 18.3. The fourth-order valence-corrected chi connectivity index (χ4v) is 13.7. The molecule has 1 radical (unpaired) electrons. The van der Waals surface area contributed by atoms with Gasteiger partial charge in [-0.2, -0.15) is 0 Å². The number of furan rings is 1. The topological polar surface area (TPSA) is 56.7 Å². The van der Waals surface area contributed by atoms with Gasteiger partial charge in [0.2, 0.25) is 5.71 Å². The van der Waals surface area contributed by atoms with E-state index in [0.29, 0.717) is 5.71 Å². The van der Waals surface area contributed by atoms with Gasteiger partial charge in [0.05, 0.1) is 22.4 Å². The van der Waals surface area contributed by atoms with E-state index in [2.05, 4.69) is 177 Å². The first kappa shape index (κ1) is 48.4. The second kappa shape index (κ2) is 20.4. The Morgan fingerprint density at radius 1 is 0.696 bits per heavy atom. The number of aryl methyl sites for hydroxylation is 1. The van der Waals surface area contributed by atoms with Crippen molar-refractivity contribution in [3.8, 4) is 39.5 Å². The second-order valence-electron chi connectivity index (χ2n) is 20.6. The standard InChI is InChI=1S/C41H34N3O.C21H28GeN.Ir/c1-24(2)34-22-30(29-19-18-27-11-6-7-12-28(27)21-29)23-35(25(3)4)38(34)44-37-16-9-8-15-36(37)43-40(44)33-14-10-13-31-32-20-17-26(5)42-41(32)45-39(31)33;1-22(2,3)20-16-23-21(18-12-8-5-9-13-18)15-19(20)14-17-10-6-4-7-11-17;/h6-13,15-25H,1-5H3;5,8-9,12,15-17H,4,6-7,10-11,14H2,1-3H3;/q2*-1;. The van der Waals surface area contributed by atoms with E-state index in [0.717, 1.165) is 61.6 Å². The van der Waals surface area contributed by atoms with Crippen LogP contribution in [0.5, 0.6) is 0 Å². The Hall–Kier alpha value is -5.66. The van der Waals surface area contributed by atoms with Crippen molar-refractivity contribution in [3.63, 3.8) is 0 Å². The van der Waals surface area contributed by atoms with Gasteiger partial charge < -0.3 is 8.98 Å². The van der Waals surface area contributed by atoms with Crippen LogP contribution in [0.2, 0.25) is 17.3 Å². The van der Waals surface area contributed by atoms with Gasteiger partial charge in [-0.25, -0.2) is 4.98 Å². The predicted octanol–water partition coefficient (Wildman–Crippen LogP) is 16.4. The molecule has 0 saturated heterocycles. The molecule has 0 N–H and O–H groups in total. The van der Waals surface area contributed by atoms with E-state index in [1.54, 1.807) is 9.96 Å². The summed E-state index contributed by atoms with van der Waals surface area (Å²) in [4.78, 5) is 14.7. The van der Waals surface area contributed by atoms with Gasteiger partial charge in [0, 0.05) is 36.9 Å². The van der Waals surface area contributed by atoms with Crippen LogP contribution in [-0.4, -0.2) is 32.8 Å². The van der Waals surface area contributed by atoms with Gasteiger partial charge >= 0.3 is 144 Å². The van der Waals surface area contributed by atoms with Crippen molar-refractivity contribution in [2.24, 2.45) is 5.92 Å². The number of hydrogen-bond acceptors (Lipinski definition) is 4. The van der Waals surface area contributed by atoms with Crippen LogP contribution in [-0.2, 0) is 26.5 Å². The second-order valence-corrected chi connectivity index (χ2v) is 31.2. The molecule has 1 aliphatic carbocycles. The molecule has 7 heteroatoms. The molecule has 1 aliphatic rings. The number of pyridine rings is 2. The maximum absolute atomic E-state index is 6.48. The summed E-state index contributed by atoms with van der Waals surface area (Å²) in [6.45, 7) is 11.1. The van der Waals surface area contributed by atoms with E-state index >= 15 is 0 Å². The third-order valence-electron chi connectivity index (χ3n) is 14.0. The van der Waals surface area contributed by atoms with Gasteiger partial charge in [0.15, 0.2) is 0 Å². The molecule has 11 rings (SSSR count). The summed E-state index contributed by atoms with van der Waals surface area (Å²) in [5.74, 6) is 9.68.